The van der Waals surface area contributed by atoms with Gasteiger partial charge in [0.15, 0.2) is 0 Å². The van der Waals surface area contributed by atoms with Gasteiger partial charge in [-0.2, -0.15) is 0 Å². The first-order valence-electron chi connectivity index (χ1n) is 4.01. The van der Waals surface area contributed by atoms with E-state index in [0.717, 1.165) is 0 Å². The number of anilines is 1. The highest BCUT2D eigenvalue weighted by Gasteiger charge is 2.02. The number of carbonyl (C=O) groups is 1. The predicted octanol–water partition coefficient (Wildman–Crippen LogP) is 3.46. The van der Waals surface area contributed by atoms with Gasteiger partial charge in [0.05, 0.1) is 0 Å². The van der Waals surface area contributed by atoms with Gasteiger partial charge in [-0.3, -0.25) is 10.2 Å². The lowest BCUT2D eigenvalue weighted by Crippen LogP contribution is -2.10. The number of hydrogen-bond acceptors (Lipinski definition) is 3. The second-order valence-corrected chi connectivity index (χ2v) is 3.59. The van der Waals surface area contributed by atoms with E-state index in [1.54, 1.807) is 24.3 Å². The smallest absolute Gasteiger partial charge is 0.297 e. The van der Waals surface area contributed by atoms with Crippen molar-refractivity contribution in [3.8, 4) is 0 Å². The standard InChI is InChI=1S/C9H8Cl2N2O2/c1-6(10)13-15-9(14)12-8-4-2-3-7(11)5-8/h2-5H,1H3,(H,12,14). The lowest BCUT2D eigenvalue weighted by atomic mass is 10.3. The van der Waals surface area contributed by atoms with E-state index in [9.17, 15) is 4.79 Å². The van der Waals surface area contributed by atoms with E-state index in [1.165, 1.54) is 6.92 Å². The van der Waals surface area contributed by atoms with Crippen molar-refractivity contribution in [2.45, 2.75) is 6.92 Å². The number of nitrogens with zero attached hydrogens (tertiary/aromatic N) is 1. The van der Waals surface area contributed by atoms with Gasteiger partial charge in [0.25, 0.3) is 0 Å². The highest BCUT2D eigenvalue weighted by Crippen LogP contribution is 2.14. The fourth-order valence-corrected chi connectivity index (χ4v) is 1.04. The van der Waals surface area contributed by atoms with Crippen molar-refractivity contribution < 1.29 is 9.63 Å². The first-order valence-corrected chi connectivity index (χ1v) is 4.77. The summed E-state index contributed by atoms with van der Waals surface area (Å²) in [5.74, 6) is 0. The molecule has 6 heteroatoms. The predicted molar refractivity (Wildman–Crippen MR) is 60.5 cm³/mol. The number of amides is 1. The Morgan fingerprint density at radius 3 is 2.87 bits per heavy atom. The Hall–Kier alpha value is -1.26. The third-order valence-electron chi connectivity index (χ3n) is 1.33. The molecule has 0 bridgehead atoms. The molecule has 0 radical (unpaired) electrons. The summed E-state index contributed by atoms with van der Waals surface area (Å²) in [6.45, 7) is 1.49. The molecule has 0 saturated carbocycles. The van der Waals surface area contributed by atoms with Crippen molar-refractivity contribution in [2.75, 3.05) is 5.32 Å². The Morgan fingerprint density at radius 2 is 2.27 bits per heavy atom. The van der Waals surface area contributed by atoms with Crippen LogP contribution in [0.15, 0.2) is 29.4 Å². The number of rotatable bonds is 2. The summed E-state index contributed by atoms with van der Waals surface area (Å²) in [5.41, 5.74) is 0.523. The topological polar surface area (TPSA) is 50.7 Å². The Morgan fingerprint density at radius 1 is 1.53 bits per heavy atom. The molecule has 1 rings (SSSR count). The average Bonchev–Trinajstić information content (AvgIpc) is 2.15. The maximum Gasteiger partial charge on any atom is 0.437 e. The zero-order valence-corrected chi connectivity index (χ0v) is 9.34. The van der Waals surface area contributed by atoms with E-state index in [4.69, 9.17) is 23.2 Å². The van der Waals surface area contributed by atoms with Crippen LogP contribution in [-0.2, 0) is 4.84 Å². The van der Waals surface area contributed by atoms with Gasteiger partial charge in [-0.05, 0) is 25.1 Å². The van der Waals surface area contributed by atoms with E-state index >= 15 is 0 Å². The number of halogens is 2. The SMILES string of the molecule is CC(Cl)=NOC(=O)Nc1cccc(Cl)c1. The number of hydrogen-bond donors (Lipinski definition) is 1. The molecule has 0 aliphatic heterocycles. The summed E-state index contributed by atoms with van der Waals surface area (Å²) in [6.07, 6.45) is -0.725. The molecule has 1 aromatic carbocycles. The zero-order valence-electron chi connectivity index (χ0n) is 7.83. The molecular weight excluding hydrogens is 239 g/mol. The highest BCUT2D eigenvalue weighted by molar-refractivity contribution is 6.64. The van der Waals surface area contributed by atoms with Crippen LogP contribution in [0.2, 0.25) is 5.02 Å². The van der Waals surface area contributed by atoms with Gasteiger partial charge in [-0.15, -0.1) is 0 Å². The molecule has 0 atom stereocenters. The molecule has 0 aliphatic rings. The van der Waals surface area contributed by atoms with Crippen molar-refractivity contribution in [2.24, 2.45) is 5.16 Å². The van der Waals surface area contributed by atoms with Crippen LogP contribution in [0.5, 0.6) is 0 Å². The molecule has 1 aromatic rings. The van der Waals surface area contributed by atoms with Crippen LogP contribution in [0.25, 0.3) is 0 Å². The van der Waals surface area contributed by atoms with Crippen LogP contribution in [0.3, 0.4) is 0 Å². The third kappa shape index (κ3) is 4.67. The van der Waals surface area contributed by atoms with E-state index in [2.05, 4.69) is 15.3 Å². The van der Waals surface area contributed by atoms with E-state index in [1.807, 2.05) is 0 Å². The minimum atomic E-state index is -0.725. The molecule has 4 nitrogen and oxygen atoms in total. The van der Waals surface area contributed by atoms with Gasteiger partial charge in [0.2, 0.25) is 0 Å². The van der Waals surface area contributed by atoms with Gasteiger partial charge < -0.3 is 0 Å². The second kappa shape index (κ2) is 5.58. The number of carbonyl (C=O) groups excluding carboxylic acids is 1. The van der Waals surface area contributed by atoms with Crippen molar-refractivity contribution in [3.05, 3.63) is 29.3 Å². The van der Waals surface area contributed by atoms with E-state index in [0.29, 0.717) is 10.7 Å². The number of oxime groups is 1. The molecule has 1 N–H and O–H groups in total. The number of nitrogens with one attached hydrogen (secondary N) is 1. The molecule has 15 heavy (non-hydrogen) atoms. The molecule has 0 heterocycles. The lowest BCUT2D eigenvalue weighted by molar-refractivity contribution is 0.167. The molecule has 1 amide bonds. The molecule has 0 spiro atoms. The van der Waals surface area contributed by atoms with Gasteiger partial charge in [0, 0.05) is 10.7 Å². The monoisotopic (exact) mass is 246 g/mol. The van der Waals surface area contributed by atoms with Crippen molar-refractivity contribution in [1.82, 2.24) is 0 Å². The van der Waals surface area contributed by atoms with Gasteiger partial charge in [-0.1, -0.05) is 34.4 Å². The fraction of sp³-hybridized carbons (Fsp3) is 0.111. The van der Waals surface area contributed by atoms with Gasteiger partial charge >= 0.3 is 6.09 Å². The summed E-state index contributed by atoms with van der Waals surface area (Å²) >= 11 is 11.1. The van der Waals surface area contributed by atoms with Crippen LogP contribution in [0.4, 0.5) is 10.5 Å². The summed E-state index contributed by atoms with van der Waals surface area (Å²) in [6, 6.07) is 6.65. The summed E-state index contributed by atoms with van der Waals surface area (Å²) in [7, 11) is 0. The molecule has 0 unspecified atom stereocenters. The zero-order chi connectivity index (χ0) is 11.3. The first-order chi connectivity index (χ1) is 7.08. The van der Waals surface area contributed by atoms with E-state index in [-0.39, 0.29) is 5.17 Å². The lowest BCUT2D eigenvalue weighted by Gasteiger charge is -2.02. The molecule has 80 valence electrons. The average molecular weight is 247 g/mol. The van der Waals surface area contributed by atoms with E-state index < -0.39 is 6.09 Å². The minimum absolute atomic E-state index is 0.135. The van der Waals surface area contributed by atoms with Crippen LogP contribution in [-0.4, -0.2) is 11.3 Å². The summed E-state index contributed by atoms with van der Waals surface area (Å²) in [5, 5.41) is 6.36. The molecular formula is C9H8Cl2N2O2. The van der Waals surface area contributed by atoms with Crippen molar-refractivity contribution >= 4 is 40.2 Å². The Labute approximate surface area is 96.8 Å². The fourth-order valence-electron chi connectivity index (χ4n) is 0.811. The normalized spacial score (nSPS) is 11.0. The maximum atomic E-state index is 11.1. The Balaban J connectivity index is 2.55. The first kappa shape index (κ1) is 11.8. The van der Waals surface area contributed by atoms with Crippen molar-refractivity contribution in [1.29, 1.82) is 0 Å². The van der Waals surface area contributed by atoms with Crippen LogP contribution >= 0.6 is 23.2 Å². The number of benzene rings is 1. The minimum Gasteiger partial charge on any atom is -0.297 e. The van der Waals surface area contributed by atoms with Crippen LogP contribution in [0, 0.1) is 0 Å². The van der Waals surface area contributed by atoms with Gasteiger partial charge in [0.1, 0.15) is 5.17 Å². The largest absolute Gasteiger partial charge is 0.437 e. The second-order valence-electron chi connectivity index (χ2n) is 2.60. The highest BCUT2D eigenvalue weighted by atomic mass is 35.5. The van der Waals surface area contributed by atoms with Crippen LogP contribution in [0.1, 0.15) is 6.92 Å². The molecule has 0 saturated heterocycles. The molecule has 0 aromatic heterocycles. The Bertz CT molecular complexity index is 389. The quantitative estimate of drug-likeness (QED) is 0.494. The van der Waals surface area contributed by atoms with Crippen LogP contribution < -0.4 is 5.32 Å². The summed E-state index contributed by atoms with van der Waals surface area (Å²) < 4.78 is 0. The maximum absolute atomic E-state index is 11.1. The molecule has 0 aliphatic carbocycles. The van der Waals surface area contributed by atoms with Crippen molar-refractivity contribution in [3.63, 3.8) is 0 Å². The third-order valence-corrected chi connectivity index (χ3v) is 1.63. The summed E-state index contributed by atoms with van der Waals surface area (Å²) in [4.78, 5) is 15.5. The molecule has 0 fully saturated rings. The Kier molecular flexibility index (Phi) is 4.39. The van der Waals surface area contributed by atoms with Gasteiger partial charge in [-0.25, -0.2) is 4.79 Å².